The number of nitrogens with zero attached hydrogens (tertiary/aromatic N) is 3. The lowest BCUT2D eigenvalue weighted by molar-refractivity contribution is -0.393. The molecule has 2 rings (SSSR count). The van der Waals surface area contributed by atoms with Gasteiger partial charge in [0.15, 0.2) is 5.82 Å². The molecule has 2 aromatic rings. The summed E-state index contributed by atoms with van der Waals surface area (Å²) < 4.78 is 6.25. The normalized spacial score (nSPS) is 12.0. The maximum Gasteiger partial charge on any atom is 0.388 e. The molecule has 22 heavy (non-hydrogen) atoms. The molecule has 116 valence electrons. The predicted octanol–water partition coefficient (Wildman–Crippen LogP) is 1.70. The number of hydrogen-bond acceptors (Lipinski definition) is 6. The van der Waals surface area contributed by atoms with Gasteiger partial charge in [-0.25, -0.2) is 9.36 Å². The number of esters is 1. The Balaban J connectivity index is 2.35. The zero-order valence-electron chi connectivity index (χ0n) is 12.1. The molecule has 1 unspecified atom stereocenters. The molecule has 1 N–H and O–H groups in total. The zero-order chi connectivity index (χ0) is 16.3. The summed E-state index contributed by atoms with van der Waals surface area (Å²) in [4.78, 5) is 26.4. The Kier molecular flexibility index (Phi) is 4.52. The second-order valence-electron chi connectivity index (χ2n) is 4.76. The molecular weight excluding hydrogens is 290 g/mol. The van der Waals surface area contributed by atoms with Crippen molar-refractivity contribution in [3.63, 3.8) is 0 Å². The molecule has 8 nitrogen and oxygen atoms in total. The highest BCUT2D eigenvalue weighted by atomic mass is 16.6. The number of carbonyl (C=O) groups is 1. The molecule has 8 heteroatoms. The lowest BCUT2D eigenvalue weighted by Crippen LogP contribution is -2.15. The molecule has 1 aromatic heterocycles. The molecule has 1 heterocycles. The van der Waals surface area contributed by atoms with Crippen molar-refractivity contribution in [2.75, 3.05) is 0 Å². The van der Waals surface area contributed by atoms with Gasteiger partial charge in [0.1, 0.15) is 6.54 Å². The Morgan fingerprint density at radius 1 is 1.45 bits per heavy atom. The molecule has 0 fully saturated rings. The molecule has 0 aliphatic heterocycles. The van der Waals surface area contributed by atoms with Crippen LogP contribution in [0.25, 0.3) is 0 Å². The molecular formula is C14H15N3O5. The van der Waals surface area contributed by atoms with Gasteiger partial charge in [0.2, 0.25) is 0 Å². The minimum atomic E-state index is -0.802. The SMILES string of the molecule is Cc1nc(OC(=O)c2ccccc2)c([N+](=O)[O-])n1CC(C)O. The van der Waals surface area contributed by atoms with Crippen LogP contribution in [-0.4, -0.2) is 31.7 Å². The fourth-order valence-electron chi connectivity index (χ4n) is 1.97. The van der Waals surface area contributed by atoms with Gasteiger partial charge in [-0.2, -0.15) is 4.98 Å². The standard InChI is InChI=1S/C14H15N3O5/c1-9(18)8-16-10(2)15-12(13(16)17(20)21)22-14(19)11-6-4-3-5-7-11/h3-7,9,18H,8H2,1-2H3. The van der Waals surface area contributed by atoms with Crippen molar-refractivity contribution in [1.82, 2.24) is 9.55 Å². The highest BCUT2D eigenvalue weighted by molar-refractivity contribution is 5.91. The zero-order valence-corrected chi connectivity index (χ0v) is 12.1. The van der Waals surface area contributed by atoms with Crippen LogP contribution in [0.15, 0.2) is 30.3 Å². The van der Waals surface area contributed by atoms with E-state index in [0.717, 1.165) is 0 Å². The minimum Gasteiger partial charge on any atom is -0.396 e. The monoisotopic (exact) mass is 305 g/mol. The van der Waals surface area contributed by atoms with E-state index in [1.54, 1.807) is 18.2 Å². The van der Waals surface area contributed by atoms with E-state index in [1.807, 2.05) is 0 Å². The van der Waals surface area contributed by atoms with Crippen molar-refractivity contribution in [2.45, 2.75) is 26.5 Å². The molecule has 0 spiro atoms. The number of rotatable bonds is 5. The van der Waals surface area contributed by atoms with E-state index in [-0.39, 0.29) is 23.8 Å². The number of hydrogen-bond donors (Lipinski definition) is 1. The molecule has 1 atom stereocenters. The maximum atomic E-state index is 12.0. The molecule has 0 aliphatic rings. The third-order valence-electron chi connectivity index (χ3n) is 2.92. The molecule has 0 saturated heterocycles. The van der Waals surface area contributed by atoms with Crippen LogP contribution in [0, 0.1) is 17.0 Å². The van der Waals surface area contributed by atoms with Gasteiger partial charge < -0.3 is 20.0 Å². The van der Waals surface area contributed by atoms with Crippen LogP contribution in [-0.2, 0) is 6.54 Å². The summed E-state index contributed by atoms with van der Waals surface area (Å²) in [5.41, 5.74) is 0.263. The second kappa shape index (κ2) is 6.35. The number of aliphatic hydroxyl groups is 1. The van der Waals surface area contributed by atoms with Crippen molar-refractivity contribution in [2.24, 2.45) is 0 Å². The first-order chi connectivity index (χ1) is 10.4. The summed E-state index contributed by atoms with van der Waals surface area (Å²) in [6.45, 7) is 3.02. The Hall–Kier alpha value is -2.74. The van der Waals surface area contributed by atoms with E-state index in [1.165, 1.54) is 30.5 Å². The van der Waals surface area contributed by atoms with Crippen LogP contribution >= 0.6 is 0 Å². The van der Waals surface area contributed by atoms with E-state index < -0.39 is 22.8 Å². The number of ether oxygens (including phenoxy) is 1. The van der Waals surface area contributed by atoms with E-state index in [0.29, 0.717) is 0 Å². The van der Waals surface area contributed by atoms with Gasteiger partial charge in [0.05, 0.1) is 11.7 Å². The Bertz CT molecular complexity index is 694. The van der Waals surface area contributed by atoms with Crippen molar-refractivity contribution in [3.8, 4) is 5.88 Å². The fourth-order valence-corrected chi connectivity index (χ4v) is 1.97. The summed E-state index contributed by atoms with van der Waals surface area (Å²) in [6.07, 6.45) is -0.802. The first-order valence-electron chi connectivity index (χ1n) is 6.57. The second-order valence-corrected chi connectivity index (χ2v) is 4.76. The van der Waals surface area contributed by atoms with E-state index in [9.17, 15) is 20.0 Å². The highest BCUT2D eigenvalue weighted by Gasteiger charge is 2.29. The number of aromatic nitrogens is 2. The van der Waals surface area contributed by atoms with Crippen molar-refractivity contribution in [3.05, 3.63) is 51.8 Å². The van der Waals surface area contributed by atoms with E-state index >= 15 is 0 Å². The average molecular weight is 305 g/mol. The molecule has 0 amide bonds. The summed E-state index contributed by atoms with van der Waals surface area (Å²) in [6, 6.07) is 8.12. The van der Waals surface area contributed by atoms with E-state index in [2.05, 4.69) is 4.98 Å². The fraction of sp³-hybridized carbons (Fsp3) is 0.286. The lowest BCUT2D eigenvalue weighted by atomic mass is 10.2. The highest BCUT2D eigenvalue weighted by Crippen LogP contribution is 2.28. The van der Waals surface area contributed by atoms with Crippen LogP contribution in [0.1, 0.15) is 23.1 Å². The number of aryl methyl sites for hydroxylation is 1. The third kappa shape index (κ3) is 3.29. The third-order valence-corrected chi connectivity index (χ3v) is 2.92. The van der Waals surface area contributed by atoms with Gasteiger partial charge >= 0.3 is 17.7 Å². The molecule has 0 saturated carbocycles. The number of carbonyl (C=O) groups excluding carboxylic acids is 1. The Morgan fingerprint density at radius 2 is 2.09 bits per heavy atom. The van der Waals surface area contributed by atoms with Crippen LogP contribution in [0.4, 0.5) is 5.82 Å². The predicted molar refractivity (Wildman–Crippen MR) is 76.7 cm³/mol. The van der Waals surface area contributed by atoms with Crippen molar-refractivity contribution >= 4 is 11.8 Å². The molecule has 1 aromatic carbocycles. The average Bonchev–Trinajstić information content (AvgIpc) is 2.75. The number of aliphatic hydroxyl groups excluding tert-OH is 1. The van der Waals surface area contributed by atoms with Gasteiger partial charge in [-0.15, -0.1) is 0 Å². The van der Waals surface area contributed by atoms with Crippen molar-refractivity contribution < 1.29 is 19.6 Å². The summed E-state index contributed by atoms with van der Waals surface area (Å²) in [5.74, 6) is -1.28. The van der Waals surface area contributed by atoms with Gasteiger partial charge in [-0.1, -0.05) is 18.2 Å². The number of nitro groups is 1. The van der Waals surface area contributed by atoms with Crippen LogP contribution < -0.4 is 4.74 Å². The Labute approximate surface area is 126 Å². The largest absolute Gasteiger partial charge is 0.396 e. The topological polar surface area (TPSA) is 107 Å². The number of imidazole rings is 1. The van der Waals surface area contributed by atoms with Crippen LogP contribution in [0.2, 0.25) is 0 Å². The minimum absolute atomic E-state index is 0.0158. The molecule has 0 radical (unpaired) electrons. The van der Waals surface area contributed by atoms with Gasteiger partial charge in [-0.05, 0) is 24.0 Å². The summed E-state index contributed by atoms with van der Waals surface area (Å²) in [5, 5.41) is 20.7. The number of benzene rings is 1. The maximum absolute atomic E-state index is 12.0. The van der Waals surface area contributed by atoms with E-state index in [4.69, 9.17) is 4.74 Å². The summed E-state index contributed by atoms with van der Waals surface area (Å²) in [7, 11) is 0. The first-order valence-corrected chi connectivity index (χ1v) is 6.57. The van der Waals surface area contributed by atoms with Gasteiger partial charge in [-0.3, -0.25) is 0 Å². The first kappa shape index (κ1) is 15.6. The molecule has 0 aliphatic carbocycles. The van der Waals surface area contributed by atoms with Crippen LogP contribution in [0.5, 0.6) is 5.88 Å². The van der Waals surface area contributed by atoms with Crippen LogP contribution in [0.3, 0.4) is 0 Å². The quantitative estimate of drug-likeness (QED) is 0.512. The smallest absolute Gasteiger partial charge is 0.388 e. The Morgan fingerprint density at radius 3 is 2.64 bits per heavy atom. The summed E-state index contributed by atoms with van der Waals surface area (Å²) >= 11 is 0. The van der Waals surface area contributed by atoms with Gasteiger partial charge in [0, 0.05) is 6.92 Å². The lowest BCUT2D eigenvalue weighted by Gasteiger charge is -2.05. The van der Waals surface area contributed by atoms with Crippen molar-refractivity contribution in [1.29, 1.82) is 0 Å². The molecule has 0 bridgehead atoms. The van der Waals surface area contributed by atoms with Gasteiger partial charge in [0.25, 0.3) is 0 Å².